The molecule has 0 fully saturated rings. The molecule has 4 rings (SSSR count). The lowest BCUT2D eigenvalue weighted by Gasteiger charge is -2.20. The minimum absolute atomic E-state index is 0.349. The van der Waals surface area contributed by atoms with Crippen molar-refractivity contribution in [1.29, 1.82) is 0 Å². The maximum Gasteiger partial charge on any atom is 0.115 e. The van der Waals surface area contributed by atoms with Crippen LogP contribution in [0.15, 0.2) is 61.1 Å². The molecule has 1 heterocycles. The Morgan fingerprint density at radius 2 is 2.00 bits per heavy atom. The molecule has 0 saturated heterocycles. The van der Waals surface area contributed by atoms with E-state index in [1.807, 2.05) is 12.3 Å². The van der Waals surface area contributed by atoms with Gasteiger partial charge in [0.1, 0.15) is 5.75 Å². The Labute approximate surface area is 129 Å². The number of H-pyrrole nitrogens is 1. The molecule has 110 valence electrons. The van der Waals surface area contributed by atoms with Crippen LogP contribution < -0.4 is 0 Å². The molecule has 0 radical (unpaired) electrons. The van der Waals surface area contributed by atoms with E-state index in [1.54, 1.807) is 12.4 Å². The van der Waals surface area contributed by atoms with E-state index >= 15 is 0 Å². The molecule has 2 N–H and O–H groups in total. The fraction of sp³-hybridized carbons (Fsp3) is 0.211. The molecule has 2 aromatic carbocycles. The maximum absolute atomic E-state index is 9.88. The first-order valence-electron chi connectivity index (χ1n) is 7.65. The third-order valence-corrected chi connectivity index (χ3v) is 4.68. The zero-order valence-electron chi connectivity index (χ0n) is 12.2. The summed E-state index contributed by atoms with van der Waals surface area (Å²) in [5.41, 5.74) is 5.12. The van der Waals surface area contributed by atoms with Crippen molar-refractivity contribution in [3.8, 4) is 5.75 Å². The summed E-state index contributed by atoms with van der Waals surface area (Å²) in [5, 5.41) is 9.88. The molecule has 22 heavy (non-hydrogen) atoms. The Bertz CT molecular complexity index is 765. The summed E-state index contributed by atoms with van der Waals surface area (Å²) in [6, 6.07) is 16.5. The highest BCUT2D eigenvalue weighted by Gasteiger charge is 2.33. The Balaban J connectivity index is 1.75. The van der Waals surface area contributed by atoms with Crippen LogP contribution >= 0.6 is 0 Å². The SMILES string of the molecule is Oc1ccc2c(c1)C(Cc1cnc[nH]1)C(c1ccccc1)C2. The van der Waals surface area contributed by atoms with Crippen LogP contribution in [-0.2, 0) is 12.8 Å². The summed E-state index contributed by atoms with van der Waals surface area (Å²) in [7, 11) is 0. The minimum atomic E-state index is 0.349. The van der Waals surface area contributed by atoms with Gasteiger partial charge in [0.15, 0.2) is 0 Å². The smallest absolute Gasteiger partial charge is 0.115 e. The van der Waals surface area contributed by atoms with Gasteiger partial charge in [-0.3, -0.25) is 0 Å². The molecule has 3 aromatic rings. The predicted molar refractivity (Wildman–Crippen MR) is 86.0 cm³/mol. The van der Waals surface area contributed by atoms with Crippen LogP contribution in [0.2, 0.25) is 0 Å². The molecule has 0 aliphatic heterocycles. The van der Waals surface area contributed by atoms with Crippen molar-refractivity contribution >= 4 is 0 Å². The van der Waals surface area contributed by atoms with Gasteiger partial charge >= 0.3 is 0 Å². The zero-order chi connectivity index (χ0) is 14.9. The maximum atomic E-state index is 9.88. The van der Waals surface area contributed by atoms with Crippen LogP contribution in [0.1, 0.15) is 34.2 Å². The van der Waals surface area contributed by atoms with Gasteiger partial charge in [-0.25, -0.2) is 4.98 Å². The van der Waals surface area contributed by atoms with Gasteiger partial charge in [-0.2, -0.15) is 0 Å². The van der Waals surface area contributed by atoms with Gasteiger partial charge in [0.05, 0.1) is 6.33 Å². The molecule has 1 aliphatic carbocycles. The first kappa shape index (κ1) is 13.1. The highest BCUT2D eigenvalue weighted by atomic mass is 16.3. The lowest BCUT2D eigenvalue weighted by molar-refractivity contribution is 0.473. The summed E-state index contributed by atoms with van der Waals surface area (Å²) >= 11 is 0. The van der Waals surface area contributed by atoms with Crippen molar-refractivity contribution in [2.45, 2.75) is 24.7 Å². The van der Waals surface area contributed by atoms with Crippen LogP contribution in [0.3, 0.4) is 0 Å². The number of nitrogens with one attached hydrogen (secondary N) is 1. The summed E-state index contributed by atoms with van der Waals surface area (Å²) in [6.07, 6.45) is 5.56. The second kappa shape index (κ2) is 5.34. The fourth-order valence-corrected chi connectivity index (χ4v) is 3.65. The number of fused-ring (bicyclic) bond motifs is 1. The highest BCUT2D eigenvalue weighted by molar-refractivity contribution is 5.46. The van der Waals surface area contributed by atoms with E-state index in [9.17, 15) is 5.11 Å². The summed E-state index contributed by atoms with van der Waals surface area (Å²) in [5.74, 6) is 1.16. The Hall–Kier alpha value is -2.55. The van der Waals surface area contributed by atoms with Gasteiger partial charge in [-0.1, -0.05) is 36.4 Å². The molecule has 3 nitrogen and oxygen atoms in total. The van der Waals surface area contributed by atoms with Crippen molar-refractivity contribution in [2.75, 3.05) is 0 Å². The quantitative estimate of drug-likeness (QED) is 0.771. The third-order valence-electron chi connectivity index (χ3n) is 4.68. The van der Waals surface area contributed by atoms with E-state index in [2.05, 4.69) is 46.4 Å². The van der Waals surface area contributed by atoms with E-state index in [-0.39, 0.29) is 0 Å². The largest absolute Gasteiger partial charge is 0.508 e. The van der Waals surface area contributed by atoms with E-state index in [1.165, 1.54) is 16.7 Å². The Kier molecular flexibility index (Phi) is 3.19. The molecule has 2 atom stereocenters. The van der Waals surface area contributed by atoms with E-state index in [4.69, 9.17) is 0 Å². The molecule has 0 saturated carbocycles. The Morgan fingerprint density at radius 1 is 1.14 bits per heavy atom. The van der Waals surface area contributed by atoms with E-state index < -0.39 is 0 Å². The second-order valence-electron chi connectivity index (χ2n) is 5.99. The minimum Gasteiger partial charge on any atom is -0.508 e. The molecular weight excluding hydrogens is 272 g/mol. The predicted octanol–water partition coefficient (Wildman–Crippen LogP) is 3.78. The number of imidazole rings is 1. The van der Waals surface area contributed by atoms with Crippen LogP contribution in [0.25, 0.3) is 0 Å². The molecular formula is C19H18N2O. The van der Waals surface area contributed by atoms with Crippen LogP contribution in [0, 0.1) is 0 Å². The summed E-state index contributed by atoms with van der Waals surface area (Å²) in [6.45, 7) is 0. The molecule has 1 aliphatic rings. The second-order valence-corrected chi connectivity index (χ2v) is 5.99. The summed E-state index contributed by atoms with van der Waals surface area (Å²) in [4.78, 5) is 7.34. The van der Waals surface area contributed by atoms with Crippen molar-refractivity contribution in [3.63, 3.8) is 0 Å². The van der Waals surface area contributed by atoms with Crippen LogP contribution in [0.4, 0.5) is 0 Å². The molecule has 2 unspecified atom stereocenters. The van der Waals surface area contributed by atoms with Gasteiger partial charge in [0, 0.05) is 11.9 Å². The first-order valence-corrected chi connectivity index (χ1v) is 7.65. The zero-order valence-corrected chi connectivity index (χ0v) is 12.2. The van der Waals surface area contributed by atoms with Crippen LogP contribution in [0.5, 0.6) is 5.75 Å². The molecule has 0 spiro atoms. The molecule has 1 aromatic heterocycles. The van der Waals surface area contributed by atoms with Gasteiger partial charge in [-0.05, 0) is 53.5 Å². The molecule has 0 bridgehead atoms. The van der Waals surface area contributed by atoms with Gasteiger partial charge in [-0.15, -0.1) is 0 Å². The lowest BCUT2D eigenvalue weighted by Crippen LogP contribution is -2.09. The van der Waals surface area contributed by atoms with Gasteiger partial charge in [0.2, 0.25) is 0 Å². The average Bonchev–Trinajstić information content (AvgIpc) is 3.17. The van der Waals surface area contributed by atoms with Crippen molar-refractivity contribution < 1.29 is 5.11 Å². The number of aromatic amines is 1. The number of aromatic hydroxyl groups is 1. The van der Waals surface area contributed by atoms with Crippen molar-refractivity contribution in [3.05, 3.63) is 83.4 Å². The Morgan fingerprint density at radius 3 is 2.77 bits per heavy atom. The standard InChI is InChI=1S/C19H18N2O/c22-16-7-6-14-8-17(13-4-2-1-3-5-13)19(18(14)10-16)9-15-11-20-12-21-15/h1-7,10-12,17,19,22H,8-9H2,(H,20,21). The number of aromatic nitrogens is 2. The average molecular weight is 290 g/mol. The number of phenols is 1. The normalized spacial score (nSPS) is 20.0. The van der Waals surface area contributed by atoms with E-state index in [0.717, 1.165) is 18.5 Å². The van der Waals surface area contributed by atoms with Crippen molar-refractivity contribution in [1.82, 2.24) is 9.97 Å². The van der Waals surface area contributed by atoms with Gasteiger partial charge in [0.25, 0.3) is 0 Å². The topological polar surface area (TPSA) is 48.9 Å². The monoisotopic (exact) mass is 290 g/mol. The van der Waals surface area contributed by atoms with Crippen molar-refractivity contribution in [2.24, 2.45) is 0 Å². The number of nitrogens with zero attached hydrogens (tertiary/aromatic N) is 1. The number of benzene rings is 2. The number of phenolic OH excluding ortho intramolecular Hbond substituents is 1. The highest BCUT2D eigenvalue weighted by Crippen LogP contribution is 2.46. The van der Waals surface area contributed by atoms with Gasteiger partial charge < -0.3 is 10.1 Å². The molecule has 0 amide bonds. The van der Waals surface area contributed by atoms with E-state index in [0.29, 0.717) is 17.6 Å². The number of hydrogen-bond acceptors (Lipinski definition) is 2. The summed E-state index contributed by atoms with van der Waals surface area (Å²) < 4.78 is 0. The fourth-order valence-electron chi connectivity index (χ4n) is 3.65. The lowest BCUT2D eigenvalue weighted by atomic mass is 9.84. The first-order chi connectivity index (χ1) is 10.8. The van der Waals surface area contributed by atoms with Crippen LogP contribution in [-0.4, -0.2) is 15.1 Å². The number of rotatable bonds is 3. The number of hydrogen-bond donors (Lipinski definition) is 2. The molecule has 3 heteroatoms. The third kappa shape index (κ3) is 2.29.